The zero-order chi connectivity index (χ0) is 14.2. The van der Waals surface area contributed by atoms with E-state index in [0.29, 0.717) is 6.04 Å². The van der Waals surface area contributed by atoms with Gasteiger partial charge in [-0.05, 0) is 39.0 Å². The third kappa shape index (κ3) is 3.05. The first-order valence-corrected chi connectivity index (χ1v) is 9.65. The predicted octanol–water partition coefficient (Wildman–Crippen LogP) is 3.86. The lowest BCUT2D eigenvalue weighted by Crippen LogP contribution is -2.21. The maximum Gasteiger partial charge on any atom is 0.110 e. The molecule has 2 aromatic heterocycles. The van der Waals surface area contributed by atoms with Gasteiger partial charge in [-0.15, -0.1) is 22.7 Å². The molecule has 0 aliphatic heterocycles. The Morgan fingerprint density at radius 3 is 3.05 bits per heavy atom. The van der Waals surface area contributed by atoms with Gasteiger partial charge in [-0.25, -0.2) is 9.97 Å². The van der Waals surface area contributed by atoms with Crippen molar-refractivity contribution >= 4 is 22.7 Å². The molecular weight excluding hydrogens is 298 g/mol. The summed E-state index contributed by atoms with van der Waals surface area (Å²) in [4.78, 5) is 11.1. The first-order chi connectivity index (χ1) is 10.3. The van der Waals surface area contributed by atoms with Gasteiger partial charge in [0.2, 0.25) is 0 Å². The number of nitrogens with zero attached hydrogens (tertiary/aromatic N) is 2. The first kappa shape index (κ1) is 13.9. The number of hydrogen-bond donors (Lipinski definition) is 1. The van der Waals surface area contributed by atoms with Gasteiger partial charge in [-0.3, -0.25) is 0 Å². The maximum atomic E-state index is 4.79. The molecule has 0 spiro atoms. The quantitative estimate of drug-likeness (QED) is 0.878. The molecule has 112 valence electrons. The Balaban J connectivity index is 1.29. The highest BCUT2D eigenvalue weighted by atomic mass is 32.1. The summed E-state index contributed by atoms with van der Waals surface area (Å²) in [5.41, 5.74) is 2.69. The minimum atomic E-state index is 0.364. The van der Waals surface area contributed by atoms with E-state index in [1.807, 2.05) is 22.7 Å². The molecule has 0 unspecified atom stereocenters. The smallest absolute Gasteiger partial charge is 0.110 e. The third-order valence-corrected chi connectivity index (χ3v) is 6.60. The second-order valence-corrected chi connectivity index (χ2v) is 8.20. The molecule has 1 N–H and O–H groups in total. The third-order valence-electron chi connectivity index (χ3n) is 4.34. The zero-order valence-electron chi connectivity index (χ0n) is 12.4. The van der Waals surface area contributed by atoms with Crippen LogP contribution in [0.5, 0.6) is 0 Å². The van der Waals surface area contributed by atoms with Crippen molar-refractivity contribution in [1.82, 2.24) is 15.3 Å². The van der Waals surface area contributed by atoms with E-state index in [9.17, 15) is 0 Å². The highest BCUT2D eigenvalue weighted by molar-refractivity contribution is 7.11. The van der Waals surface area contributed by atoms with Crippen LogP contribution in [0.15, 0.2) is 5.38 Å². The van der Waals surface area contributed by atoms with Crippen LogP contribution in [0.25, 0.3) is 0 Å². The van der Waals surface area contributed by atoms with Gasteiger partial charge in [0, 0.05) is 29.1 Å². The molecule has 0 saturated heterocycles. The molecule has 1 saturated carbocycles. The van der Waals surface area contributed by atoms with Crippen molar-refractivity contribution in [2.24, 2.45) is 0 Å². The van der Waals surface area contributed by atoms with Crippen LogP contribution in [-0.2, 0) is 19.3 Å². The molecule has 0 amide bonds. The molecule has 2 aromatic rings. The lowest BCUT2D eigenvalue weighted by molar-refractivity contribution is 0.572. The van der Waals surface area contributed by atoms with Crippen LogP contribution in [-0.4, -0.2) is 16.5 Å². The molecule has 1 fully saturated rings. The highest BCUT2D eigenvalue weighted by Gasteiger charge is 2.26. The van der Waals surface area contributed by atoms with Gasteiger partial charge in [0.05, 0.1) is 22.4 Å². The summed E-state index contributed by atoms with van der Waals surface area (Å²) in [6.45, 7) is 3.22. The van der Waals surface area contributed by atoms with Crippen LogP contribution in [0.3, 0.4) is 0 Å². The summed E-state index contributed by atoms with van der Waals surface area (Å²) in [5, 5.41) is 8.39. The molecular formula is C16H21N3S2. The lowest BCUT2D eigenvalue weighted by atomic mass is 10.3. The van der Waals surface area contributed by atoms with Crippen LogP contribution in [0.1, 0.15) is 64.4 Å². The summed E-state index contributed by atoms with van der Waals surface area (Å²) in [6, 6.07) is 0.364. The Bertz CT molecular complexity index is 606. The van der Waals surface area contributed by atoms with Crippen LogP contribution in [0.4, 0.5) is 0 Å². The molecule has 1 atom stereocenters. The molecule has 3 nitrogen and oxygen atoms in total. The predicted molar refractivity (Wildman–Crippen MR) is 88.3 cm³/mol. The Kier molecular flexibility index (Phi) is 3.81. The van der Waals surface area contributed by atoms with Crippen molar-refractivity contribution in [1.29, 1.82) is 0 Å². The average Bonchev–Trinajstić information content (AvgIpc) is 2.88. The van der Waals surface area contributed by atoms with Crippen LogP contribution in [0.2, 0.25) is 0 Å². The van der Waals surface area contributed by atoms with Gasteiger partial charge in [-0.1, -0.05) is 0 Å². The fraction of sp³-hybridized carbons (Fsp3) is 0.625. The van der Waals surface area contributed by atoms with Crippen molar-refractivity contribution in [2.45, 2.75) is 57.4 Å². The van der Waals surface area contributed by atoms with Gasteiger partial charge < -0.3 is 5.32 Å². The Morgan fingerprint density at radius 2 is 2.24 bits per heavy atom. The summed E-state index contributed by atoms with van der Waals surface area (Å²) in [7, 11) is 0. The van der Waals surface area contributed by atoms with Crippen molar-refractivity contribution < 1.29 is 0 Å². The molecule has 21 heavy (non-hydrogen) atoms. The normalized spacial score (nSPS) is 18.9. The van der Waals surface area contributed by atoms with Crippen LogP contribution < -0.4 is 5.32 Å². The SMILES string of the molecule is C[C@H](NCCc1nc(C2CC2)cs1)c1nc2c(s1)CCC2. The summed E-state index contributed by atoms with van der Waals surface area (Å²) >= 11 is 3.73. The number of hydrogen-bond acceptors (Lipinski definition) is 5. The Hall–Kier alpha value is -0.780. The van der Waals surface area contributed by atoms with Gasteiger partial charge in [0.15, 0.2) is 0 Å². The number of nitrogens with one attached hydrogen (secondary N) is 1. The monoisotopic (exact) mass is 319 g/mol. The average molecular weight is 319 g/mol. The summed E-state index contributed by atoms with van der Waals surface area (Å²) < 4.78 is 0. The lowest BCUT2D eigenvalue weighted by Gasteiger charge is -2.10. The standard InChI is InChI=1S/C16H21N3S2/c1-10(16-19-12-3-2-4-14(12)21-16)17-8-7-15-18-13(9-20-15)11-5-6-11/h9-11,17H,2-8H2,1H3/t10-/m0/s1. The topological polar surface area (TPSA) is 37.8 Å². The Morgan fingerprint density at radius 1 is 1.33 bits per heavy atom. The second-order valence-electron chi connectivity index (χ2n) is 6.14. The molecule has 0 radical (unpaired) electrons. The fourth-order valence-electron chi connectivity index (χ4n) is 2.89. The van der Waals surface area contributed by atoms with E-state index < -0.39 is 0 Å². The van der Waals surface area contributed by atoms with E-state index in [-0.39, 0.29) is 0 Å². The summed E-state index contributed by atoms with van der Waals surface area (Å²) in [6.07, 6.45) is 7.43. The molecule has 4 rings (SSSR count). The Labute approximate surface area is 133 Å². The molecule has 2 aliphatic carbocycles. The van der Waals surface area contributed by atoms with Crippen LogP contribution in [0, 0.1) is 0 Å². The van der Waals surface area contributed by atoms with E-state index in [1.165, 1.54) is 58.4 Å². The zero-order valence-corrected chi connectivity index (χ0v) is 14.0. The van der Waals surface area contributed by atoms with Crippen molar-refractivity contribution in [3.8, 4) is 0 Å². The van der Waals surface area contributed by atoms with E-state index in [1.54, 1.807) is 0 Å². The second kappa shape index (κ2) is 5.78. The first-order valence-electron chi connectivity index (χ1n) is 7.96. The largest absolute Gasteiger partial charge is 0.308 e. The van der Waals surface area contributed by atoms with E-state index in [2.05, 4.69) is 17.6 Å². The van der Waals surface area contributed by atoms with E-state index in [4.69, 9.17) is 9.97 Å². The number of aromatic nitrogens is 2. The van der Waals surface area contributed by atoms with Crippen molar-refractivity contribution in [3.63, 3.8) is 0 Å². The maximum absolute atomic E-state index is 4.79. The van der Waals surface area contributed by atoms with E-state index in [0.717, 1.165) is 18.9 Å². The van der Waals surface area contributed by atoms with Gasteiger partial charge in [-0.2, -0.15) is 0 Å². The molecule has 2 heterocycles. The number of fused-ring (bicyclic) bond motifs is 1. The fourth-order valence-corrected chi connectivity index (χ4v) is 4.95. The van der Waals surface area contributed by atoms with Gasteiger partial charge >= 0.3 is 0 Å². The minimum Gasteiger partial charge on any atom is -0.308 e. The summed E-state index contributed by atoms with van der Waals surface area (Å²) in [5.74, 6) is 0.777. The van der Waals surface area contributed by atoms with Crippen LogP contribution >= 0.6 is 22.7 Å². The van der Waals surface area contributed by atoms with Gasteiger partial charge in [0.25, 0.3) is 0 Å². The molecule has 0 bridgehead atoms. The van der Waals surface area contributed by atoms with Gasteiger partial charge in [0.1, 0.15) is 5.01 Å². The van der Waals surface area contributed by atoms with E-state index >= 15 is 0 Å². The minimum absolute atomic E-state index is 0.364. The number of thiazole rings is 2. The molecule has 0 aromatic carbocycles. The highest BCUT2D eigenvalue weighted by Crippen LogP contribution is 2.40. The van der Waals surface area contributed by atoms with Crippen molar-refractivity contribution in [3.05, 3.63) is 31.7 Å². The molecule has 2 aliphatic rings. The molecule has 5 heteroatoms. The number of aryl methyl sites for hydroxylation is 2. The van der Waals surface area contributed by atoms with Crippen molar-refractivity contribution in [2.75, 3.05) is 6.54 Å². The number of rotatable bonds is 6.